The Morgan fingerprint density at radius 2 is 0.971 bits per heavy atom. The van der Waals surface area contributed by atoms with E-state index in [1.54, 1.807) is 38.2 Å². The van der Waals surface area contributed by atoms with Crippen LogP contribution in [-0.4, -0.2) is 128 Å². The van der Waals surface area contributed by atoms with Gasteiger partial charge in [-0.05, 0) is 6.92 Å². The van der Waals surface area contributed by atoms with Gasteiger partial charge in [0.1, 0.15) is 13.2 Å². The van der Waals surface area contributed by atoms with Crippen molar-refractivity contribution in [1.29, 1.82) is 0 Å². The summed E-state index contributed by atoms with van der Waals surface area (Å²) in [4.78, 5) is 51.8. The predicted octanol–water partition coefficient (Wildman–Crippen LogP) is 0.0421. The van der Waals surface area contributed by atoms with Crippen LogP contribution in [0.1, 0.15) is 19.8 Å². The van der Waals surface area contributed by atoms with E-state index in [-0.39, 0.29) is 43.4 Å². The number of nitrogens with zero attached hydrogens (tertiary/aromatic N) is 2. The van der Waals surface area contributed by atoms with Gasteiger partial charge in [0.2, 0.25) is 11.8 Å². The fourth-order valence-electron chi connectivity index (χ4n) is 2.71. The number of rotatable bonds is 20. The second kappa shape index (κ2) is 20.8. The molecule has 0 aliphatic carbocycles. The predicted molar refractivity (Wildman–Crippen MR) is 126 cm³/mol. The number of carbonyl (C=O) groups excluding carboxylic acids is 4. The molecular weight excluding hydrogens is 464 g/mol. The molecule has 0 saturated carbocycles. The first kappa shape index (κ1) is 32.5. The molecule has 2 amide bonds. The highest BCUT2D eigenvalue weighted by molar-refractivity contribution is 5.96. The lowest BCUT2D eigenvalue weighted by Gasteiger charge is -2.22. The summed E-state index contributed by atoms with van der Waals surface area (Å²) in [5.74, 6) is -1.92. The first-order valence-electron chi connectivity index (χ1n) is 11.3. The SMILES string of the molecule is COCCN(CCOC)C(=O)CCOC(=O)/C=C(\C)C(=O)OCCC(=O)N(CCOC)CCOC. The minimum atomic E-state index is -0.769. The van der Waals surface area contributed by atoms with Gasteiger partial charge in [-0.25, -0.2) is 9.59 Å². The van der Waals surface area contributed by atoms with Gasteiger partial charge < -0.3 is 38.2 Å². The summed E-state index contributed by atoms with van der Waals surface area (Å²) in [6, 6.07) is 0. The summed E-state index contributed by atoms with van der Waals surface area (Å²) in [6.45, 7) is 4.23. The van der Waals surface area contributed by atoms with Crippen molar-refractivity contribution in [1.82, 2.24) is 9.80 Å². The van der Waals surface area contributed by atoms with Crippen molar-refractivity contribution in [3.8, 4) is 0 Å². The van der Waals surface area contributed by atoms with Crippen LogP contribution in [0.4, 0.5) is 0 Å². The third-order valence-electron chi connectivity index (χ3n) is 4.73. The molecule has 0 bridgehead atoms. The Morgan fingerprint density at radius 1 is 0.600 bits per heavy atom. The number of hydrogen-bond acceptors (Lipinski definition) is 10. The van der Waals surface area contributed by atoms with Gasteiger partial charge in [-0.15, -0.1) is 0 Å². The summed E-state index contributed by atoms with van der Waals surface area (Å²) in [5.41, 5.74) is 0.0196. The molecule has 0 radical (unpaired) electrons. The maximum atomic E-state index is 12.3. The molecule has 0 aromatic rings. The molecule has 35 heavy (non-hydrogen) atoms. The quantitative estimate of drug-likeness (QED) is 0.165. The van der Waals surface area contributed by atoms with Crippen molar-refractivity contribution in [2.45, 2.75) is 19.8 Å². The van der Waals surface area contributed by atoms with Crippen LogP contribution in [0, 0.1) is 0 Å². The maximum Gasteiger partial charge on any atom is 0.333 e. The van der Waals surface area contributed by atoms with E-state index in [4.69, 9.17) is 28.4 Å². The standard InChI is InChI=1S/C23H40N2O10/c1-19(23(29)35-13-7-21(27)25(10-16-32-4)11-17-33-5)18-22(28)34-12-6-20(26)24(8-14-30-2)9-15-31-3/h18H,6-17H2,1-5H3/b19-18+. The Kier molecular flexibility index (Phi) is 19.3. The van der Waals surface area contributed by atoms with Crippen molar-refractivity contribution < 1.29 is 47.6 Å². The van der Waals surface area contributed by atoms with Crippen LogP contribution in [0.5, 0.6) is 0 Å². The molecular formula is C23H40N2O10. The van der Waals surface area contributed by atoms with Gasteiger partial charge in [-0.1, -0.05) is 0 Å². The number of amides is 2. The lowest BCUT2D eigenvalue weighted by atomic mass is 10.3. The second-order valence-corrected chi connectivity index (χ2v) is 7.36. The first-order valence-corrected chi connectivity index (χ1v) is 11.3. The van der Waals surface area contributed by atoms with Crippen molar-refractivity contribution in [2.24, 2.45) is 0 Å². The zero-order chi connectivity index (χ0) is 26.5. The van der Waals surface area contributed by atoms with Gasteiger partial charge in [0.15, 0.2) is 0 Å². The van der Waals surface area contributed by atoms with Gasteiger partial charge >= 0.3 is 11.9 Å². The summed E-state index contributed by atoms with van der Waals surface area (Å²) in [5, 5.41) is 0. The average Bonchev–Trinajstić information content (AvgIpc) is 2.83. The molecule has 0 heterocycles. The van der Waals surface area contributed by atoms with Gasteiger partial charge in [0.25, 0.3) is 0 Å². The second-order valence-electron chi connectivity index (χ2n) is 7.36. The summed E-state index contributed by atoms with van der Waals surface area (Å²) in [7, 11) is 6.16. The van der Waals surface area contributed by atoms with E-state index in [1.807, 2.05) is 0 Å². The Morgan fingerprint density at radius 3 is 1.34 bits per heavy atom. The topological polar surface area (TPSA) is 130 Å². The normalized spacial score (nSPS) is 11.2. The average molecular weight is 505 g/mol. The smallest absolute Gasteiger partial charge is 0.333 e. The Balaban J connectivity index is 4.47. The summed E-state index contributed by atoms with van der Waals surface area (Å²) < 4.78 is 30.1. The van der Waals surface area contributed by atoms with Crippen LogP contribution >= 0.6 is 0 Å². The lowest BCUT2D eigenvalue weighted by molar-refractivity contribution is -0.144. The third kappa shape index (κ3) is 15.9. The largest absolute Gasteiger partial charge is 0.462 e. The molecule has 12 heteroatoms. The lowest BCUT2D eigenvalue weighted by Crippen LogP contribution is -2.37. The van der Waals surface area contributed by atoms with Crippen LogP contribution in [0.15, 0.2) is 11.6 Å². The Hall–Kier alpha value is -2.54. The van der Waals surface area contributed by atoms with E-state index in [2.05, 4.69) is 0 Å². The molecule has 0 aliphatic rings. The van der Waals surface area contributed by atoms with Crippen LogP contribution in [0.2, 0.25) is 0 Å². The van der Waals surface area contributed by atoms with Crippen molar-refractivity contribution in [2.75, 3.05) is 94.3 Å². The molecule has 0 aromatic heterocycles. The molecule has 0 fully saturated rings. The highest BCUT2D eigenvalue weighted by Gasteiger charge is 2.16. The number of esters is 2. The summed E-state index contributed by atoms with van der Waals surface area (Å²) >= 11 is 0. The Labute approximate surface area is 207 Å². The summed E-state index contributed by atoms with van der Waals surface area (Å²) in [6.07, 6.45) is 0.967. The fraction of sp³-hybridized carbons (Fsp3) is 0.739. The van der Waals surface area contributed by atoms with Gasteiger partial charge in [0, 0.05) is 66.3 Å². The molecule has 0 unspecified atom stereocenters. The van der Waals surface area contributed by atoms with Gasteiger partial charge in [-0.2, -0.15) is 0 Å². The zero-order valence-corrected chi connectivity index (χ0v) is 21.5. The molecule has 0 atom stereocenters. The van der Waals surface area contributed by atoms with E-state index in [1.165, 1.54) is 6.92 Å². The molecule has 0 N–H and O–H groups in total. The Bertz CT molecular complexity index is 653. The minimum absolute atomic E-state index is 0.0123. The van der Waals surface area contributed by atoms with E-state index in [0.717, 1.165) is 6.08 Å². The van der Waals surface area contributed by atoms with Crippen molar-refractivity contribution >= 4 is 23.8 Å². The number of hydrogen-bond donors (Lipinski definition) is 0. The molecule has 12 nitrogen and oxygen atoms in total. The van der Waals surface area contributed by atoms with Crippen LogP contribution in [0.3, 0.4) is 0 Å². The van der Waals surface area contributed by atoms with Gasteiger partial charge in [-0.3, -0.25) is 9.59 Å². The zero-order valence-electron chi connectivity index (χ0n) is 21.5. The van der Waals surface area contributed by atoms with E-state index in [0.29, 0.717) is 52.6 Å². The van der Waals surface area contributed by atoms with Gasteiger partial charge in [0.05, 0.1) is 39.3 Å². The molecule has 0 rings (SSSR count). The monoisotopic (exact) mass is 504 g/mol. The highest BCUT2D eigenvalue weighted by atomic mass is 16.5. The number of methoxy groups -OCH3 is 4. The fourth-order valence-corrected chi connectivity index (χ4v) is 2.71. The third-order valence-corrected chi connectivity index (χ3v) is 4.73. The first-order chi connectivity index (χ1) is 16.8. The number of ether oxygens (including phenoxy) is 6. The van der Waals surface area contributed by atoms with E-state index < -0.39 is 11.9 Å². The molecule has 202 valence electrons. The maximum absolute atomic E-state index is 12.3. The minimum Gasteiger partial charge on any atom is -0.462 e. The number of carbonyl (C=O) groups is 4. The molecule has 0 aliphatic heterocycles. The van der Waals surface area contributed by atoms with Crippen molar-refractivity contribution in [3.63, 3.8) is 0 Å². The molecule has 0 aromatic carbocycles. The molecule has 0 saturated heterocycles. The highest BCUT2D eigenvalue weighted by Crippen LogP contribution is 2.02. The van der Waals surface area contributed by atoms with Crippen LogP contribution in [-0.2, 0) is 47.6 Å². The van der Waals surface area contributed by atoms with Crippen molar-refractivity contribution in [3.05, 3.63) is 11.6 Å². The van der Waals surface area contributed by atoms with E-state index in [9.17, 15) is 19.2 Å². The van der Waals surface area contributed by atoms with Crippen LogP contribution in [0.25, 0.3) is 0 Å². The molecule has 0 spiro atoms. The van der Waals surface area contributed by atoms with Crippen LogP contribution < -0.4 is 0 Å². The van der Waals surface area contributed by atoms with E-state index >= 15 is 0 Å².